The molecule has 1 aliphatic heterocycles. The Balaban J connectivity index is 1.60. The second kappa shape index (κ2) is 8.59. The summed E-state index contributed by atoms with van der Waals surface area (Å²) in [6.07, 6.45) is 6.49. The second-order valence-corrected chi connectivity index (χ2v) is 7.08. The number of hydrogen-bond acceptors (Lipinski definition) is 1. The molecule has 0 amide bonds. The van der Waals surface area contributed by atoms with Gasteiger partial charge in [0, 0.05) is 18.7 Å². The first-order valence-electron chi connectivity index (χ1n) is 9.64. The maximum absolute atomic E-state index is 2.56. The van der Waals surface area contributed by atoms with E-state index in [0.717, 1.165) is 19.3 Å². The van der Waals surface area contributed by atoms with Crippen LogP contribution in [-0.2, 0) is 19.3 Å². The van der Waals surface area contributed by atoms with Gasteiger partial charge in [0.25, 0.3) is 6.85 Å². The number of nitrogens with zero attached hydrogens (tertiary/aromatic N) is 1. The van der Waals surface area contributed by atoms with Crippen molar-refractivity contribution >= 4 is 6.85 Å². The van der Waals surface area contributed by atoms with Gasteiger partial charge in [-0.25, -0.2) is 0 Å². The zero-order valence-electron chi connectivity index (χ0n) is 15.5. The molecule has 1 nitrogen and oxygen atoms in total. The van der Waals surface area contributed by atoms with Crippen LogP contribution in [0.2, 0.25) is 0 Å². The van der Waals surface area contributed by atoms with Crippen LogP contribution >= 0.6 is 0 Å². The smallest absolute Gasteiger partial charge is 0.285 e. The quantitative estimate of drug-likeness (QED) is 0.531. The molecule has 0 saturated heterocycles. The summed E-state index contributed by atoms with van der Waals surface area (Å²) in [5.74, 6) is 2.34. The topological polar surface area (TPSA) is 3.24 Å². The van der Waals surface area contributed by atoms with Crippen molar-refractivity contribution in [2.24, 2.45) is 0 Å². The summed E-state index contributed by atoms with van der Waals surface area (Å²) in [6.45, 7) is 1.30. The highest BCUT2D eigenvalue weighted by atomic mass is 15.1. The van der Waals surface area contributed by atoms with E-state index in [1.165, 1.54) is 22.4 Å². The molecule has 1 aliphatic rings. The van der Waals surface area contributed by atoms with Gasteiger partial charge in [-0.3, -0.25) is 0 Å². The lowest BCUT2D eigenvalue weighted by atomic mass is 9.54. The fourth-order valence-corrected chi connectivity index (χ4v) is 3.71. The predicted molar refractivity (Wildman–Crippen MR) is 115 cm³/mol. The SMILES string of the molecule is C1=CB(Cc2ccccc2)N(Cc2ccccc2)C(Cc2ccccc2)=C1. The monoisotopic (exact) mass is 349 g/mol. The normalized spacial score (nSPS) is 13.6. The number of allylic oxidation sites excluding steroid dienone is 3. The highest BCUT2D eigenvalue weighted by Gasteiger charge is 2.25. The lowest BCUT2D eigenvalue weighted by Crippen LogP contribution is -2.41. The lowest BCUT2D eigenvalue weighted by molar-refractivity contribution is 0.508. The van der Waals surface area contributed by atoms with Gasteiger partial charge in [0.05, 0.1) is 0 Å². The first-order valence-corrected chi connectivity index (χ1v) is 9.64. The van der Waals surface area contributed by atoms with Gasteiger partial charge in [0.1, 0.15) is 0 Å². The Bertz CT molecular complexity index is 901. The largest absolute Gasteiger partial charge is 0.410 e. The first-order chi connectivity index (χ1) is 13.4. The minimum Gasteiger partial charge on any atom is -0.410 e. The Kier molecular flexibility index (Phi) is 5.54. The first kappa shape index (κ1) is 17.4. The summed E-state index contributed by atoms with van der Waals surface area (Å²) in [5, 5.41) is 0. The van der Waals surface area contributed by atoms with Gasteiger partial charge in [-0.05, 0) is 23.5 Å². The van der Waals surface area contributed by atoms with Crippen LogP contribution in [0.25, 0.3) is 0 Å². The van der Waals surface area contributed by atoms with Gasteiger partial charge in [0.15, 0.2) is 0 Å². The molecule has 0 spiro atoms. The van der Waals surface area contributed by atoms with Crippen LogP contribution < -0.4 is 0 Å². The molecule has 0 aliphatic carbocycles. The van der Waals surface area contributed by atoms with Crippen LogP contribution in [0.1, 0.15) is 16.7 Å². The number of rotatable bonds is 6. The minimum atomic E-state index is 0.372. The Labute approximate surface area is 162 Å². The Morgan fingerprint density at radius 1 is 0.630 bits per heavy atom. The molecule has 0 aromatic heterocycles. The molecule has 0 atom stereocenters. The van der Waals surface area contributed by atoms with Gasteiger partial charge in [-0.15, -0.1) is 0 Å². The maximum Gasteiger partial charge on any atom is 0.285 e. The van der Waals surface area contributed by atoms with Crippen molar-refractivity contribution in [1.29, 1.82) is 0 Å². The van der Waals surface area contributed by atoms with E-state index in [2.05, 4.69) is 114 Å². The molecule has 0 N–H and O–H groups in total. The van der Waals surface area contributed by atoms with E-state index in [4.69, 9.17) is 0 Å². The molecule has 1 heterocycles. The summed E-state index contributed by atoms with van der Waals surface area (Å²) in [4.78, 5) is 2.56. The molecule has 3 aromatic rings. The standard InChI is InChI=1S/C25H24BN/c1-4-11-22(12-5-1)19-25-17-10-18-26(20-23-13-6-2-7-14-23)27(25)21-24-15-8-3-9-16-24/h1-18H,19-21H2. The van der Waals surface area contributed by atoms with Crippen LogP contribution in [0.5, 0.6) is 0 Å². The molecule has 0 radical (unpaired) electrons. The zero-order chi connectivity index (χ0) is 18.3. The van der Waals surface area contributed by atoms with Crippen LogP contribution in [0, 0.1) is 0 Å². The van der Waals surface area contributed by atoms with Crippen molar-refractivity contribution in [2.75, 3.05) is 0 Å². The molecular weight excluding hydrogens is 325 g/mol. The van der Waals surface area contributed by atoms with Gasteiger partial charge >= 0.3 is 0 Å². The van der Waals surface area contributed by atoms with Crippen molar-refractivity contribution in [3.8, 4) is 0 Å². The zero-order valence-corrected chi connectivity index (χ0v) is 15.5. The van der Waals surface area contributed by atoms with Crippen LogP contribution in [0.3, 0.4) is 0 Å². The maximum atomic E-state index is 2.56. The van der Waals surface area contributed by atoms with Gasteiger partial charge in [-0.1, -0.05) is 109 Å². The average molecular weight is 349 g/mol. The van der Waals surface area contributed by atoms with E-state index in [9.17, 15) is 0 Å². The van der Waals surface area contributed by atoms with Crippen LogP contribution in [-0.4, -0.2) is 11.7 Å². The van der Waals surface area contributed by atoms with Gasteiger partial charge < -0.3 is 4.81 Å². The van der Waals surface area contributed by atoms with Crippen molar-refractivity contribution in [1.82, 2.24) is 4.81 Å². The molecule has 4 rings (SSSR count). The summed E-state index contributed by atoms with van der Waals surface area (Å²) < 4.78 is 0. The fraction of sp³-hybridized carbons (Fsp3) is 0.120. The third kappa shape index (κ3) is 4.59. The highest BCUT2D eigenvalue weighted by Crippen LogP contribution is 2.23. The van der Waals surface area contributed by atoms with Crippen molar-refractivity contribution in [2.45, 2.75) is 19.3 Å². The van der Waals surface area contributed by atoms with Crippen molar-refractivity contribution in [3.05, 3.63) is 132 Å². The van der Waals surface area contributed by atoms with Crippen LogP contribution in [0.4, 0.5) is 0 Å². The second-order valence-electron chi connectivity index (χ2n) is 7.08. The minimum absolute atomic E-state index is 0.372. The van der Waals surface area contributed by atoms with Crippen LogP contribution in [0.15, 0.2) is 115 Å². The van der Waals surface area contributed by atoms with Crippen molar-refractivity contribution < 1.29 is 0 Å². The van der Waals surface area contributed by atoms with E-state index >= 15 is 0 Å². The Hall–Kier alpha value is -3.00. The third-order valence-electron chi connectivity index (χ3n) is 5.10. The molecule has 0 fully saturated rings. The summed E-state index contributed by atoms with van der Waals surface area (Å²) in [7, 11) is 0. The van der Waals surface area contributed by atoms with E-state index in [1.54, 1.807) is 0 Å². The summed E-state index contributed by atoms with van der Waals surface area (Å²) in [6, 6.07) is 32.3. The van der Waals surface area contributed by atoms with Gasteiger partial charge in [-0.2, -0.15) is 0 Å². The third-order valence-corrected chi connectivity index (χ3v) is 5.10. The molecule has 0 unspecified atom stereocenters. The lowest BCUT2D eigenvalue weighted by Gasteiger charge is -2.35. The molecular formula is C25H24BN. The molecule has 3 aromatic carbocycles. The predicted octanol–water partition coefficient (Wildman–Crippen LogP) is 5.50. The molecule has 0 saturated carbocycles. The average Bonchev–Trinajstić information content (AvgIpc) is 2.73. The van der Waals surface area contributed by atoms with E-state index in [1.807, 2.05) is 0 Å². The number of benzene rings is 3. The molecule has 27 heavy (non-hydrogen) atoms. The van der Waals surface area contributed by atoms with Gasteiger partial charge in [0.2, 0.25) is 0 Å². The fourth-order valence-electron chi connectivity index (χ4n) is 3.71. The molecule has 0 bridgehead atoms. The Morgan fingerprint density at radius 3 is 1.81 bits per heavy atom. The van der Waals surface area contributed by atoms with Crippen molar-refractivity contribution in [3.63, 3.8) is 0 Å². The number of hydrogen-bond donors (Lipinski definition) is 0. The van der Waals surface area contributed by atoms with E-state index in [-0.39, 0.29) is 0 Å². The highest BCUT2D eigenvalue weighted by molar-refractivity contribution is 6.61. The van der Waals surface area contributed by atoms with E-state index < -0.39 is 0 Å². The molecule has 132 valence electrons. The Morgan fingerprint density at radius 2 is 1.19 bits per heavy atom. The molecule has 2 heteroatoms. The summed E-state index contributed by atoms with van der Waals surface area (Å²) in [5.41, 5.74) is 5.47. The summed E-state index contributed by atoms with van der Waals surface area (Å²) >= 11 is 0. The van der Waals surface area contributed by atoms with E-state index in [0.29, 0.717) is 6.85 Å².